The van der Waals surface area contributed by atoms with Crippen LogP contribution >= 0.6 is 0 Å². The minimum Gasteiger partial charge on any atom is -0.508 e. The first kappa shape index (κ1) is 25.8. The quantitative estimate of drug-likeness (QED) is 0.151. The first-order valence-electron chi connectivity index (χ1n) is 9.12. The molecule has 1 rings (SSSR count). The van der Waals surface area contributed by atoms with Gasteiger partial charge in [-0.05, 0) is 17.7 Å². The lowest BCUT2D eigenvalue weighted by molar-refractivity contribution is -0.142. The number of aliphatic hydroxyl groups is 3. The zero-order valence-electron chi connectivity index (χ0n) is 16.4. The van der Waals surface area contributed by atoms with Crippen LogP contribution in [0.4, 0.5) is 0 Å². The normalized spacial score (nSPS) is 14.6. The number of nitrogens with two attached hydrogens (primary N) is 1. The van der Waals surface area contributed by atoms with Gasteiger partial charge in [-0.25, -0.2) is 4.79 Å². The molecule has 0 fully saturated rings. The molecule has 0 aliphatic heterocycles. The Morgan fingerprint density at radius 3 is 1.65 bits per heavy atom. The van der Waals surface area contributed by atoms with Gasteiger partial charge in [0.1, 0.15) is 29.9 Å². The molecule has 3 amide bonds. The summed E-state index contributed by atoms with van der Waals surface area (Å²) < 4.78 is 0. The molecular formula is C18H26N4O9. The Bertz CT molecular complexity index is 772. The average molecular weight is 442 g/mol. The minimum atomic E-state index is -1.58. The van der Waals surface area contributed by atoms with Crippen molar-refractivity contribution in [3.05, 3.63) is 29.8 Å². The molecule has 13 nitrogen and oxygen atoms in total. The summed E-state index contributed by atoms with van der Waals surface area (Å²) in [5.41, 5.74) is 5.80. The number of phenols is 1. The highest BCUT2D eigenvalue weighted by Gasteiger charge is 2.29. The van der Waals surface area contributed by atoms with Crippen LogP contribution in [0.25, 0.3) is 0 Å². The molecule has 31 heavy (non-hydrogen) atoms. The lowest BCUT2D eigenvalue weighted by Crippen LogP contribution is -2.59. The molecule has 0 unspecified atom stereocenters. The Balaban J connectivity index is 2.78. The molecule has 0 spiro atoms. The predicted octanol–water partition coefficient (Wildman–Crippen LogP) is -4.22. The van der Waals surface area contributed by atoms with Crippen molar-refractivity contribution in [3.8, 4) is 5.75 Å². The molecule has 0 aliphatic carbocycles. The summed E-state index contributed by atoms with van der Waals surface area (Å²) in [5, 5.41) is 52.5. The fourth-order valence-corrected chi connectivity index (χ4v) is 2.36. The van der Waals surface area contributed by atoms with Crippen LogP contribution in [0.2, 0.25) is 0 Å². The number of amides is 3. The van der Waals surface area contributed by atoms with Crippen LogP contribution < -0.4 is 21.7 Å². The summed E-state index contributed by atoms with van der Waals surface area (Å²) >= 11 is 0. The third-order valence-electron chi connectivity index (χ3n) is 4.16. The van der Waals surface area contributed by atoms with Crippen molar-refractivity contribution in [2.45, 2.75) is 30.6 Å². The van der Waals surface area contributed by atoms with Crippen LogP contribution in [-0.4, -0.2) is 93.2 Å². The van der Waals surface area contributed by atoms with Gasteiger partial charge in [0, 0.05) is 6.42 Å². The van der Waals surface area contributed by atoms with Gasteiger partial charge in [-0.2, -0.15) is 0 Å². The van der Waals surface area contributed by atoms with E-state index in [-0.39, 0.29) is 12.2 Å². The number of carbonyl (C=O) groups is 4. The number of hydrogen-bond donors (Lipinski definition) is 9. The Kier molecular flexibility index (Phi) is 10.3. The van der Waals surface area contributed by atoms with Crippen molar-refractivity contribution in [3.63, 3.8) is 0 Å². The van der Waals surface area contributed by atoms with Gasteiger partial charge in [-0.15, -0.1) is 0 Å². The third kappa shape index (κ3) is 8.18. The number of phenolic OH excluding ortho intramolecular Hbond substituents is 1. The van der Waals surface area contributed by atoms with Gasteiger partial charge < -0.3 is 47.2 Å². The number of aromatic hydroxyl groups is 1. The van der Waals surface area contributed by atoms with Crippen molar-refractivity contribution < 1.29 is 44.7 Å². The van der Waals surface area contributed by atoms with E-state index in [0.717, 1.165) is 0 Å². The average Bonchev–Trinajstić information content (AvgIpc) is 2.75. The molecule has 0 saturated carbocycles. The first-order chi connectivity index (χ1) is 14.6. The molecule has 1 aromatic rings. The number of carbonyl (C=O) groups excluding carboxylic acids is 3. The second-order valence-corrected chi connectivity index (χ2v) is 6.55. The van der Waals surface area contributed by atoms with Gasteiger partial charge in [-0.3, -0.25) is 14.4 Å². The topological polar surface area (TPSA) is 232 Å². The van der Waals surface area contributed by atoms with E-state index < -0.39 is 67.7 Å². The number of nitrogens with one attached hydrogen (secondary N) is 3. The number of hydrogen-bond acceptors (Lipinski definition) is 9. The highest BCUT2D eigenvalue weighted by Crippen LogP contribution is 2.11. The summed E-state index contributed by atoms with van der Waals surface area (Å²) in [6.45, 7) is -2.47. The van der Waals surface area contributed by atoms with Crippen molar-refractivity contribution in [2.24, 2.45) is 5.73 Å². The summed E-state index contributed by atoms with van der Waals surface area (Å²) in [6.07, 6.45) is -0.137. The number of aliphatic carboxylic acids is 1. The second-order valence-electron chi connectivity index (χ2n) is 6.55. The molecule has 172 valence electrons. The van der Waals surface area contributed by atoms with Gasteiger partial charge in [0.2, 0.25) is 17.7 Å². The van der Waals surface area contributed by atoms with E-state index in [1.807, 2.05) is 0 Å². The highest BCUT2D eigenvalue weighted by molar-refractivity contribution is 5.94. The molecule has 13 heteroatoms. The van der Waals surface area contributed by atoms with Crippen molar-refractivity contribution in [1.29, 1.82) is 0 Å². The summed E-state index contributed by atoms with van der Waals surface area (Å²) in [7, 11) is 0. The second kappa shape index (κ2) is 12.4. The maximum atomic E-state index is 12.4. The van der Waals surface area contributed by atoms with Crippen molar-refractivity contribution >= 4 is 23.7 Å². The van der Waals surface area contributed by atoms with Crippen molar-refractivity contribution in [1.82, 2.24) is 16.0 Å². The molecule has 0 aliphatic rings. The summed E-state index contributed by atoms with van der Waals surface area (Å²) in [4.78, 5) is 47.7. The fourth-order valence-electron chi connectivity index (χ4n) is 2.36. The molecule has 4 atom stereocenters. The number of carboxylic acid groups (broad SMARTS) is 1. The van der Waals surface area contributed by atoms with Gasteiger partial charge in [-0.1, -0.05) is 12.1 Å². The SMILES string of the molecule is N[C@@H](CO)C(=O)N[C@@H](CO)C(=O)N[C@@H](CO)C(=O)N[C@@H](Cc1ccc(O)cc1)C(=O)O. The number of aliphatic hydroxyl groups excluding tert-OH is 3. The molecule has 0 bridgehead atoms. The minimum absolute atomic E-state index is 0.0202. The molecule has 0 heterocycles. The van der Waals surface area contributed by atoms with Crippen LogP contribution in [0.5, 0.6) is 5.75 Å². The predicted molar refractivity (Wildman–Crippen MR) is 104 cm³/mol. The van der Waals surface area contributed by atoms with Crippen LogP contribution in [0, 0.1) is 0 Å². The molecular weight excluding hydrogens is 416 g/mol. The van der Waals surface area contributed by atoms with E-state index in [2.05, 4.69) is 16.0 Å². The summed E-state index contributed by atoms with van der Waals surface area (Å²) in [6, 6.07) is -0.222. The zero-order valence-corrected chi connectivity index (χ0v) is 16.4. The summed E-state index contributed by atoms with van der Waals surface area (Å²) in [5.74, 6) is -4.38. The maximum absolute atomic E-state index is 12.4. The highest BCUT2D eigenvalue weighted by atomic mass is 16.4. The van der Waals surface area contributed by atoms with Gasteiger partial charge in [0.15, 0.2) is 0 Å². The Hall–Kier alpha value is -3.26. The number of carboxylic acids is 1. The monoisotopic (exact) mass is 442 g/mol. The Morgan fingerprint density at radius 1 is 0.774 bits per heavy atom. The van der Waals surface area contributed by atoms with E-state index in [1.54, 1.807) is 0 Å². The van der Waals surface area contributed by atoms with E-state index in [9.17, 15) is 39.6 Å². The number of benzene rings is 1. The molecule has 0 saturated heterocycles. The van der Waals surface area contributed by atoms with Gasteiger partial charge in [0.25, 0.3) is 0 Å². The standard InChI is InChI=1S/C18H26N4O9/c19-11(6-23)15(27)21-13(7-24)17(29)22-14(8-25)16(28)20-12(18(30)31)5-9-1-3-10(26)4-2-9/h1-4,11-14,23-26H,5-8,19H2,(H,20,28)(H,21,27)(H,22,29)(H,30,31)/t11-,12-,13-,14-/m0/s1. The zero-order chi connectivity index (χ0) is 23.6. The van der Waals surface area contributed by atoms with Crippen molar-refractivity contribution in [2.75, 3.05) is 19.8 Å². The maximum Gasteiger partial charge on any atom is 0.326 e. The van der Waals surface area contributed by atoms with Crippen LogP contribution in [0.15, 0.2) is 24.3 Å². The van der Waals surface area contributed by atoms with Gasteiger partial charge >= 0.3 is 5.97 Å². The lowest BCUT2D eigenvalue weighted by Gasteiger charge is -2.23. The third-order valence-corrected chi connectivity index (χ3v) is 4.16. The molecule has 10 N–H and O–H groups in total. The smallest absolute Gasteiger partial charge is 0.326 e. The van der Waals surface area contributed by atoms with E-state index in [1.165, 1.54) is 24.3 Å². The number of rotatable bonds is 12. The molecule has 0 radical (unpaired) electrons. The van der Waals surface area contributed by atoms with Crippen LogP contribution in [0.3, 0.4) is 0 Å². The molecule has 1 aromatic carbocycles. The van der Waals surface area contributed by atoms with Crippen LogP contribution in [0.1, 0.15) is 5.56 Å². The first-order valence-corrected chi connectivity index (χ1v) is 9.12. The van der Waals surface area contributed by atoms with E-state index in [0.29, 0.717) is 5.56 Å². The Labute approximate surface area is 176 Å². The lowest BCUT2D eigenvalue weighted by atomic mass is 10.1. The molecule has 0 aromatic heterocycles. The fraction of sp³-hybridized carbons (Fsp3) is 0.444. The van der Waals surface area contributed by atoms with E-state index in [4.69, 9.17) is 10.8 Å². The largest absolute Gasteiger partial charge is 0.508 e. The van der Waals surface area contributed by atoms with E-state index >= 15 is 0 Å². The van der Waals surface area contributed by atoms with Crippen LogP contribution in [-0.2, 0) is 25.6 Å². The van der Waals surface area contributed by atoms with Gasteiger partial charge in [0.05, 0.1) is 19.8 Å². The Morgan fingerprint density at radius 2 is 1.23 bits per heavy atom.